The summed E-state index contributed by atoms with van der Waals surface area (Å²) in [6.07, 6.45) is 1.76. The number of likely N-dealkylation sites (tertiary alicyclic amines) is 1. The monoisotopic (exact) mass is 430 g/mol. The van der Waals surface area contributed by atoms with Crippen LogP contribution in [0.1, 0.15) is 51.8 Å². The van der Waals surface area contributed by atoms with Gasteiger partial charge in [-0.15, -0.1) is 0 Å². The van der Waals surface area contributed by atoms with Gasteiger partial charge in [-0.1, -0.05) is 60.7 Å². The van der Waals surface area contributed by atoms with Gasteiger partial charge in [0.05, 0.1) is 25.0 Å². The zero-order valence-corrected chi connectivity index (χ0v) is 18.9. The third-order valence-corrected chi connectivity index (χ3v) is 6.70. The molecule has 0 saturated carbocycles. The number of hydrogen-bond donors (Lipinski definition) is 2. The van der Waals surface area contributed by atoms with E-state index in [-0.39, 0.29) is 23.7 Å². The maximum Gasteiger partial charge on any atom is 0.226 e. The van der Waals surface area contributed by atoms with Gasteiger partial charge in [-0.05, 0) is 43.9 Å². The number of carbonyl (C=O) groups is 2. The summed E-state index contributed by atoms with van der Waals surface area (Å²) in [4.78, 5) is 26.1. The van der Waals surface area contributed by atoms with E-state index in [4.69, 9.17) is 5.73 Å². The molecule has 1 aromatic heterocycles. The topological polar surface area (TPSA) is 69.5 Å². The molecule has 2 heterocycles. The molecule has 1 aliphatic heterocycles. The van der Waals surface area contributed by atoms with Crippen molar-refractivity contribution >= 4 is 11.7 Å². The fraction of sp³-hybridized carbons (Fsp3) is 0.333. The number of nitrogens with two attached hydrogens (primary N) is 1. The van der Waals surface area contributed by atoms with Crippen molar-refractivity contribution in [3.05, 3.63) is 94.8 Å². The first-order valence-corrected chi connectivity index (χ1v) is 11.4. The summed E-state index contributed by atoms with van der Waals surface area (Å²) in [5.74, 6) is -0.245. The molecule has 0 radical (unpaired) electrons. The van der Waals surface area contributed by atoms with E-state index in [1.165, 1.54) is 11.1 Å². The van der Waals surface area contributed by atoms with E-state index in [0.717, 1.165) is 41.2 Å². The molecule has 0 aliphatic carbocycles. The predicted molar refractivity (Wildman–Crippen MR) is 126 cm³/mol. The van der Waals surface area contributed by atoms with Gasteiger partial charge in [0, 0.05) is 17.0 Å². The Bertz CT molecular complexity index is 1050. The van der Waals surface area contributed by atoms with Gasteiger partial charge in [0.15, 0.2) is 0 Å². The van der Waals surface area contributed by atoms with Gasteiger partial charge >= 0.3 is 0 Å². The summed E-state index contributed by atoms with van der Waals surface area (Å²) in [5.41, 5.74) is 10.7. The van der Waals surface area contributed by atoms with Crippen LogP contribution in [0.3, 0.4) is 0 Å². The lowest BCUT2D eigenvalue weighted by atomic mass is 9.97. The highest BCUT2D eigenvalue weighted by molar-refractivity contribution is 5.98. The quantitative estimate of drug-likeness (QED) is 0.566. The Labute approximate surface area is 189 Å². The van der Waals surface area contributed by atoms with Crippen LogP contribution >= 0.6 is 0 Å². The number of ketones is 1. The number of carbonyl (C=O) groups excluding carboxylic acids is 2. The van der Waals surface area contributed by atoms with Gasteiger partial charge in [0.1, 0.15) is 6.54 Å². The maximum atomic E-state index is 13.3. The summed E-state index contributed by atoms with van der Waals surface area (Å²) < 4.78 is 2.27. The molecule has 0 spiro atoms. The Hall–Kier alpha value is -3.18. The van der Waals surface area contributed by atoms with Crippen molar-refractivity contribution in [3.63, 3.8) is 0 Å². The van der Waals surface area contributed by atoms with Crippen LogP contribution < -0.4 is 10.6 Å². The minimum absolute atomic E-state index is 0.000487. The van der Waals surface area contributed by atoms with Gasteiger partial charge < -0.3 is 15.2 Å². The van der Waals surface area contributed by atoms with Crippen molar-refractivity contribution in [1.82, 2.24) is 4.57 Å². The maximum absolute atomic E-state index is 13.3. The fourth-order valence-electron chi connectivity index (χ4n) is 5.09. The number of rotatable bonds is 7. The minimum Gasteiger partial charge on any atom is -0.369 e. The summed E-state index contributed by atoms with van der Waals surface area (Å²) >= 11 is 0. The summed E-state index contributed by atoms with van der Waals surface area (Å²) in [5, 5.41) is 0. The van der Waals surface area contributed by atoms with Crippen LogP contribution in [0.4, 0.5) is 0 Å². The van der Waals surface area contributed by atoms with E-state index in [0.29, 0.717) is 13.1 Å². The Morgan fingerprint density at radius 3 is 2.19 bits per heavy atom. The first-order valence-electron chi connectivity index (χ1n) is 11.4. The molecular formula is C27H32N3O2+. The average Bonchev–Trinajstić information content (AvgIpc) is 3.10. The van der Waals surface area contributed by atoms with Crippen LogP contribution in [0.15, 0.2) is 66.7 Å². The largest absolute Gasteiger partial charge is 0.369 e. The van der Waals surface area contributed by atoms with Crippen LogP contribution in [0, 0.1) is 19.8 Å². The fourth-order valence-corrected chi connectivity index (χ4v) is 5.09. The lowest BCUT2D eigenvalue weighted by Crippen LogP contribution is -3.14. The number of aromatic nitrogens is 1. The zero-order valence-electron chi connectivity index (χ0n) is 18.9. The van der Waals surface area contributed by atoms with Crippen LogP contribution in [0.2, 0.25) is 0 Å². The molecule has 5 heteroatoms. The van der Waals surface area contributed by atoms with Crippen LogP contribution in [-0.4, -0.2) is 35.9 Å². The third-order valence-electron chi connectivity index (χ3n) is 6.70. The molecular weight excluding hydrogens is 398 g/mol. The second kappa shape index (κ2) is 9.53. The molecule has 1 amide bonds. The first kappa shape index (κ1) is 22.0. The average molecular weight is 431 g/mol. The number of benzene rings is 2. The molecule has 0 bridgehead atoms. The second-order valence-corrected chi connectivity index (χ2v) is 8.92. The SMILES string of the molecule is Cc1cc(C(=O)C[NH+]2CCC[C@@H](C(N)=O)C2)c(C)n1C(c1ccccc1)c1ccccc1. The predicted octanol–water partition coefficient (Wildman–Crippen LogP) is 2.71. The van der Waals surface area contributed by atoms with Gasteiger partial charge in [-0.2, -0.15) is 0 Å². The number of Topliss-reactive ketones (excluding diaryl/α,β-unsaturated/α-hetero) is 1. The summed E-state index contributed by atoms with van der Waals surface area (Å²) in [7, 11) is 0. The van der Waals surface area contributed by atoms with Crippen molar-refractivity contribution in [2.75, 3.05) is 19.6 Å². The smallest absolute Gasteiger partial charge is 0.226 e. The molecule has 2 aromatic carbocycles. The number of nitrogens with zero attached hydrogens (tertiary/aromatic N) is 1. The van der Waals surface area contributed by atoms with Gasteiger partial charge in [0.2, 0.25) is 11.7 Å². The van der Waals surface area contributed by atoms with E-state index < -0.39 is 0 Å². The van der Waals surface area contributed by atoms with Gasteiger partial charge in [0.25, 0.3) is 0 Å². The Kier molecular flexibility index (Phi) is 6.56. The molecule has 4 rings (SSSR count). The van der Waals surface area contributed by atoms with Crippen molar-refractivity contribution in [1.29, 1.82) is 0 Å². The number of nitrogens with one attached hydrogen (secondary N) is 1. The van der Waals surface area contributed by atoms with Gasteiger partial charge in [-0.3, -0.25) is 9.59 Å². The van der Waals surface area contributed by atoms with Crippen molar-refractivity contribution < 1.29 is 14.5 Å². The normalized spacial score (nSPS) is 18.6. The van der Waals surface area contributed by atoms with Crippen molar-refractivity contribution in [3.8, 4) is 0 Å². The number of primary amides is 1. The number of hydrogen-bond acceptors (Lipinski definition) is 2. The molecule has 1 unspecified atom stereocenters. The van der Waals surface area contributed by atoms with E-state index in [1.807, 2.05) is 25.1 Å². The molecule has 1 fully saturated rings. The first-order chi connectivity index (χ1) is 15.5. The summed E-state index contributed by atoms with van der Waals surface area (Å²) in [6, 6.07) is 22.8. The highest BCUT2D eigenvalue weighted by Gasteiger charge is 2.30. The van der Waals surface area contributed by atoms with E-state index in [9.17, 15) is 9.59 Å². The number of amides is 1. The molecule has 32 heavy (non-hydrogen) atoms. The van der Waals surface area contributed by atoms with Gasteiger partial charge in [-0.25, -0.2) is 0 Å². The standard InChI is InChI=1S/C27H31N3O2/c1-19-16-24(25(31)18-29-15-9-14-23(17-29)27(28)32)20(2)30(19)26(21-10-5-3-6-11-21)22-12-7-4-8-13-22/h3-8,10-13,16,23,26H,9,14-15,17-18H2,1-2H3,(H2,28,32)/p+1/t23-/m1/s1. The van der Waals surface area contributed by atoms with E-state index in [2.05, 4.69) is 60.0 Å². The molecule has 2 atom stereocenters. The highest BCUT2D eigenvalue weighted by atomic mass is 16.1. The van der Waals surface area contributed by atoms with E-state index >= 15 is 0 Å². The Morgan fingerprint density at radius 1 is 1.03 bits per heavy atom. The lowest BCUT2D eigenvalue weighted by Gasteiger charge is -2.27. The molecule has 1 aliphatic rings. The number of piperidine rings is 1. The van der Waals surface area contributed by atoms with Crippen LogP contribution in [-0.2, 0) is 4.79 Å². The van der Waals surface area contributed by atoms with Crippen molar-refractivity contribution in [2.24, 2.45) is 11.7 Å². The molecule has 3 N–H and O–H groups in total. The molecule has 5 nitrogen and oxygen atoms in total. The van der Waals surface area contributed by atoms with Crippen LogP contribution in [0.25, 0.3) is 0 Å². The number of aryl methyl sites for hydroxylation is 1. The van der Waals surface area contributed by atoms with Crippen LogP contribution in [0.5, 0.6) is 0 Å². The third kappa shape index (κ3) is 4.53. The minimum atomic E-state index is -0.249. The summed E-state index contributed by atoms with van der Waals surface area (Å²) in [6.45, 7) is 6.06. The molecule has 1 saturated heterocycles. The number of quaternary nitrogens is 1. The Balaban J connectivity index is 1.65. The van der Waals surface area contributed by atoms with Crippen molar-refractivity contribution in [2.45, 2.75) is 32.7 Å². The van der Waals surface area contributed by atoms with E-state index in [1.54, 1.807) is 0 Å². The second-order valence-electron chi connectivity index (χ2n) is 8.92. The molecule has 3 aromatic rings. The Morgan fingerprint density at radius 2 is 1.62 bits per heavy atom. The lowest BCUT2D eigenvalue weighted by molar-refractivity contribution is -0.898. The molecule has 166 valence electrons. The highest BCUT2D eigenvalue weighted by Crippen LogP contribution is 2.31. The zero-order chi connectivity index (χ0) is 22.7.